The number of hydrogen-bond donors (Lipinski definition) is 1. The Bertz CT molecular complexity index is 1490. The van der Waals surface area contributed by atoms with Crippen LogP contribution in [0.1, 0.15) is 27.2 Å². The van der Waals surface area contributed by atoms with Gasteiger partial charge in [0.1, 0.15) is 12.2 Å². The number of hydrazone groups is 1. The number of non-ortho nitro benzene ring substituents is 1. The first-order valence-electron chi connectivity index (χ1n) is 11.1. The monoisotopic (exact) mass is 519 g/mol. The topological polar surface area (TPSA) is 116 Å². The van der Waals surface area contributed by atoms with Crippen molar-refractivity contribution in [3.8, 4) is 11.5 Å². The Morgan fingerprint density at radius 1 is 1.19 bits per heavy atom. The van der Waals surface area contributed by atoms with E-state index in [1.54, 1.807) is 24.3 Å². The van der Waals surface area contributed by atoms with E-state index in [4.69, 9.17) is 25.5 Å². The van der Waals surface area contributed by atoms with Crippen molar-refractivity contribution in [3.63, 3.8) is 0 Å². The van der Waals surface area contributed by atoms with Crippen molar-refractivity contribution >= 4 is 40.4 Å². The molecule has 0 aliphatic heterocycles. The summed E-state index contributed by atoms with van der Waals surface area (Å²) < 4.78 is 17.1. The number of nitro groups is 1. The number of hydrogen-bond acceptors (Lipinski definition) is 7. The fourth-order valence-corrected chi connectivity index (χ4v) is 3.72. The molecule has 10 heteroatoms. The van der Waals surface area contributed by atoms with E-state index < -0.39 is 10.8 Å². The SMILES string of the molecule is C=CCc1cc(/C=N\NC(=O)c2cc3cc([N+](=O)[O-])ccc3o2)cc(OC)c1OCc1ccc(Cl)cc1. The van der Waals surface area contributed by atoms with Gasteiger partial charge in [-0.2, -0.15) is 5.10 Å². The lowest BCUT2D eigenvalue weighted by Gasteiger charge is -2.16. The third kappa shape index (κ3) is 6.14. The molecule has 0 atom stereocenters. The number of allylic oxidation sites excluding steroid dienone is 1. The van der Waals surface area contributed by atoms with Crippen molar-refractivity contribution < 1.29 is 23.6 Å². The fraction of sp³-hybridized carbons (Fsp3) is 0.111. The molecule has 0 aliphatic carbocycles. The van der Waals surface area contributed by atoms with Crippen LogP contribution in [-0.2, 0) is 13.0 Å². The summed E-state index contributed by atoms with van der Waals surface area (Å²) in [5, 5.41) is 16.1. The third-order valence-corrected chi connectivity index (χ3v) is 5.60. The molecule has 0 saturated heterocycles. The predicted molar refractivity (Wildman–Crippen MR) is 141 cm³/mol. The first-order chi connectivity index (χ1) is 17.9. The van der Waals surface area contributed by atoms with Gasteiger partial charge in [-0.25, -0.2) is 5.43 Å². The summed E-state index contributed by atoms with van der Waals surface area (Å²) in [6.45, 7) is 4.13. The van der Waals surface area contributed by atoms with Gasteiger partial charge in [-0.05, 0) is 53.9 Å². The van der Waals surface area contributed by atoms with Crippen molar-refractivity contribution in [2.45, 2.75) is 13.0 Å². The van der Waals surface area contributed by atoms with Crippen molar-refractivity contribution in [1.29, 1.82) is 0 Å². The second-order valence-corrected chi connectivity index (χ2v) is 8.34. The summed E-state index contributed by atoms with van der Waals surface area (Å²) >= 11 is 5.95. The van der Waals surface area contributed by atoms with E-state index >= 15 is 0 Å². The van der Waals surface area contributed by atoms with Crippen LogP contribution in [0.3, 0.4) is 0 Å². The maximum Gasteiger partial charge on any atom is 0.307 e. The number of nitro benzene ring substituents is 1. The van der Waals surface area contributed by atoms with Gasteiger partial charge >= 0.3 is 5.91 Å². The Labute approximate surface area is 217 Å². The Hall–Kier alpha value is -4.63. The molecule has 0 spiro atoms. The highest BCUT2D eigenvalue weighted by atomic mass is 35.5. The number of fused-ring (bicyclic) bond motifs is 1. The summed E-state index contributed by atoms with van der Waals surface area (Å²) in [6.07, 6.45) is 3.73. The number of methoxy groups -OCH3 is 1. The van der Waals surface area contributed by atoms with Crippen LogP contribution < -0.4 is 14.9 Å². The number of halogens is 1. The van der Waals surface area contributed by atoms with Gasteiger partial charge < -0.3 is 13.9 Å². The Morgan fingerprint density at radius 2 is 1.97 bits per heavy atom. The van der Waals surface area contributed by atoms with Gasteiger partial charge in [0, 0.05) is 28.1 Å². The zero-order valence-electron chi connectivity index (χ0n) is 19.8. The molecule has 0 radical (unpaired) electrons. The van der Waals surface area contributed by atoms with Gasteiger partial charge in [0.05, 0.1) is 18.2 Å². The Kier molecular flexibility index (Phi) is 7.85. The number of carbonyl (C=O) groups excluding carboxylic acids is 1. The van der Waals surface area contributed by atoms with E-state index in [2.05, 4.69) is 17.1 Å². The van der Waals surface area contributed by atoms with E-state index in [1.165, 1.54) is 37.6 Å². The van der Waals surface area contributed by atoms with Crippen LogP contribution in [-0.4, -0.2) is 24.2 Å². The molecule has 9 nitrogen and oxygen atoms in total. The summed E-state index contributed by atoms with van der Waals surface area (Å²) in [4.78, 5) is 22.9. The highest BCUT2D eigenvalue weighted by Gasteiger charge is 2.15. The van der Waals surface area contributed by atoms with E-state index in [0.29, 0.717) is 46.1 Å². The average Bonchev–Trinajstić information content (AvgIpc) is 3.32. The lowest BCUT2D eigenvalue weighted by molar-refractivity contribution is -0.384. The molecule has 0 fully saturated rings. The minimum atomic E-state index is -0.601. The Balaban J connectivity index is 1.49. The Morgan fingerprint density at radius 3 is 2.68 bits per heavy atom. The van der Waals surface area contributed by atoms with E-state index in [-0.39, 0.29) is 11.4 Å². The van der Waals surface area contributed by atoms with Crippen LogP contribution in [0.15, 0.2) is 82.8 Å². The van der Waals surface area contributed by atoms with Gasteiger partial charge in [0.15, 0.2) is 17.3 Å². The largest absolute Gasteiger partial charge is 0.493 e. The molecule has 3 aromatic carbocycles. The molecular formula is C27H22ClN3O6. The van der Waals surface area contributed by atoms with Crippen molar-refractivity contribution in [3.05, 3.63) is 111 Å². The van der Waals surface area contributed by atoms with Gasteiger partial charge in [0.25, 0.3) is 5.69 Å². The molecule has 188 valence electrons. The molecular weight excluding hydrogens is 498 g/mol. The van der Waals surface area contributed by atoms with E-state index in [0.717, 1.165) is 11.1 Å². The fourth-order valence-electron chi connectivity index (χ4n) is 3.59. The highest BCUT2D eigenvalue weighted by molar-refractivity contribution is 6.30. The molecule has 0 unspecified atom stereocenters. The number of carbonyl (C=O) groups is 1. The predicted octanol–water partition coefficient (Wildman–Crippen LogP) is 6.07. The maximum atomic E-state index is 12.5. The first kappa shape index (κ1) is 25.5. The second kappa shape index (κ2) is 11.4. The average molecular weight is 520 g/mol. The van der Waals surface area contributed by atoms with Crippen molar-refractivity contribution in [1.82, 2.24) is 5.43 Å². The molecule has 1 heterocycles. The number of amides is 1. The lowest BCUT2D eigenvalue weighted by atomic mass is 10.1. The molecule has 0 bridgehead atoms. The summed E-state index contributed by atoms with van der Waals surface area (Å²) in [6, 6.07) is 16.5. The summed E-state index contributed by atoms with van der Waals surface area (Å²) in [5.41, 5.74) is 5.10. The van der Waals surface area contributed by atoms with Crippen molar-refractivity contribution in [2.24, 2.45) is 5.10 Å². The number of ether oxygens (including phenoxy) is 2. The molecule has 1 aromatic heterocycles. The first-order valence-corrected chi connectivity index (χ1v) is 11.5. The van der Waals surface area contributed by atoms with Crippen LogP contribution >= 0.6 is 11.6 Å². The smallest absolute Gasteiger partial charge is 0.307 e. The lowest BCUT2D eigenvalue weighted by Crippen LogP contribution is -2.16. The zero-order valence-corrected chi connectivity index (χ0v) is 20.5. The van der Waals surface area contributed by atoms with Crippen LogP contribution in [0.2, 0.25) is 5.02 Å². The number of rotatable bonds is 10. The number of furan rings is 1. The number of nitrogens with zero attached hydrogens (tertiary/aromatic N) is 2. The van der Waals surface area contributed by atoms with Crippen LogP contribution in [0.25, 0.3) is 11.0 Å². The number of benzene rings is 3. The summed E-state index contributed by atoms with van der Waals surface area (Å²) in [5.74, 6) is 0.453. The minimum Gasteiger partial charge on any atom is -0.493 e. The van der Waals surface area contributed by atoms with Gasteiger partial charge in [-0.3, -0.25) is 14.9 Å². The molecule has 1 amide bonds. The second-order valence-electron chi connectivity index (χ2n) is 7.91. The molecule has 0 saturated carbocycles. The van der Waals surface area contributed by atoms with Crippen LogP contribution in [0.5, 0.6) is 11.5 Å². The van der Waals surface area contributed by atoms with Crippen LogP contribution in [0, 0.1) is 10.1 Å². The maximum absolute atomic E-state index is 12.5. The van der Waals surface area contributed by atoms with Gasteiger partial charge in [0.2, 0.25) is 0 Å². The van der Waals surface area contributed by atoms with E-state index in [1.807, 2.05) is 18.2 Å². The molecule has 4 rings (SSSR count). The quantitative estimate of drug-likeness (QED) is 0.117. The third-order valence-electron chi connectivity index (χ3n) is 5.35. The molecule has 1 N–H and O–H groups in total. The van der Waals surface area contributed by atoms with Gasteiger partial charge in [-0.1, -0.05) is 29.8 Å². The standard InChI is InChI=1S/C27H22ClN3O6/c1-3-4-19-11-18(12-24(35-2)26(19)36-16-17-5-7-21(28)8-6-17)15-29-30-27(32)25-14-20-13-22(31(33)34)9-10-23(20)37-25/h3,5-15H,1,4,16H2,2H3,(H,30,32)/b29-15-. The van der Waals surface area contributed by atoms with Crippen LogP contribution in [0.4, 0.5) is 5.69 Å². The molecule has 0 aliphatic rings. The highest BCUT2D eigenvalue weighted by Crippen LogP contribution is 2.34. The van der Waals surface area contributed by atoms with Gasteiger partial charge in [-0.15, -0.1) is 6.58 Å². The number of nitrogens with one attached hydrogen (secondary N) is 1. The summed E-state index contributed by atoms with van der Waals surface area (Å²) in [7, 11) is 1.54. The van der Waals surface area contributed by atoms with E-state index in [9.17, 15) is 14.9 Å². The minimum absolute atomic E-state index is 0.0245. The normalized spacial score (nSPS) is 11.0. The molecule has 37 heavy (non-hydrogen) atoms. The zero-order chi connectivity index (χ0) is 26.4. The van der Waals surface area contributed by atoms with Crippen molar-refractivity contribution in [2.75, 3.05) is 7.11 Å². The molecule has 4 aromatic rings.